The van der Waals surface area contributed by atoms with Crippen molar-refractivity contribution in [1.29, 1.82) is 0 Å². The lowest BCUT2D eigenvalue weighted by Crippen LogP contribution is -2.07. The molecule has 2 rings (SSSR count). The highest BCUT2D eigenvalue weighted by molar-refractivity contribution is 5.82. The quantitative estimate of drug-likeness (QED) is 0.762. The minimum atomic E-state index is 0.316. The van der Waals surface area contributed by atoms with Crippen molar-refractivity contribution in [2.24, 2.45) is 5.73 Å². The molecule has 4 heteroatoms. The predicted molar refractivity (Wildman–Crippen MR) is 61.4 cm³/mol. The fourth-order valence-electron chi connectivity index (χ4n) is 1.65. The van der Waals surface area contributed by atoms with Gasteiger partial charge in [0.25, 0.3) is 0 Å². The monoisotopic (exact) mass is 202 g/mol. The third-order valence-electron chi connectivity index (χ3n) is 2.33. The highest BCUT2D eigenvalue weighted by atomic mass is 15.0. The number of nitrogen functional groups attached to an aromatic ring is 1. The summed E-state index contributed by atoms with van der Waals surface area (Å²) in [6.07, 6.45) is 0.728. The van der Waals surface area contributed by atoms with Crippen molar-refractivity contribution in [3.63, 3.8) is 0 Å². The molecule has 4 nitrogen and oxygen atoms in total. The van der Waals surface area contributed by atoms with Crippen molar-refractivity contribution in [2.75, 3.05) is 12.3 Å². The van der Waals surface area contributed by atoms with E-state index < -0.39 is 0 Å². The first kappa shape index (κ1) is 9.86. The Hall–Kier alpha value is -1.68. The van der Waals surface area contributed by atoms with Gasteiger partial charge in [-0.15, -0.1) is 0 Å². The van der Waals surface area contributed by atoms with Crippen LogP contribution in [0.2, 0.25) is 0 Å². The molecular weight excluding hydrogens is 188 g/mol. The fraction of sp³-hybridized carbons (Fsp3) is 0.273. The topological polar surface area (TPSA) is 77.8 Å². The zero-order valence-electron chi connectivity index (χ0n) is 8.70. The largest absolute Gasteiger partial charge is 0.368 e. The Bertz CT molecular complexity index is 488. The number of rotatable bonds is 2. The lowest BCUT2D eigenvalue weighted by Gasteiger charge is -2.05. The van der Waals surface area contributed by atoms with Crippen LogP contribution in [0.1, 0.15) is 11.3 Å². The maximum Gasteiger partial charge on any atom is 0.220 e. The van der Waals surface area contributed by atoms with Crippen LogP contribution in [0.5, 0.6) is 0 Å². The van der Waals surface area contributed by atoms with Crippen molar-refractivity contribution in [3.8, 4) is 0 Å². The van der Waals surface area contributed by atoms with Gasteiger partial charge in [0.2, 0.25) is 5.95 Å². The van der Waals surface area contributed by atoms with E-state index >= 15 is 0 Å². The molecule has 1 aromatic heterocycles. The van der Waals surface area contributed by atoms with E-state index in [0.29, 0.717) is 12.5 Å². The van der Waals surface area contributed by atoms with Gasteiger partial charge in [0.05, 0.1) is 11.2 Å². The molecular formula is C11H14N4. The molecule has 0 aliphatic rings. The molecule has 1 aromatic carbocycles. The van der Waals surface area contributed by atoms with E-state index in [2.05, 4.69) is 9.97 Å². The van der Waals surface area contributed by atoms with Gasteiger partial charge >= 0.3 is 0 Å². The van der Waals surface area contributed by atoms with E-state index in [4.69, 9.17) is 11.5 Å². The molecule has 0 fully saturated rings. The molecule has 15 heavy (non-hydrogen) atoms. The van der Waals surface area contributed by atoms with Gasteiger partial charge in [0.1, 0.15) is 0 Å². The number of anilines is 1. The molecule has 0 spiro atoms. The summed E-state index contributed by atoms with van der Waals surface area (Å²) in [6.45, 7) is 2.60. The molecule has 0 saturated carbocycles. The Labute approximate surface area is 88.3 Å². The number of nitrogens with two attached hydrogens (primary N) is 2. The van der Waals surface area contributed by atoms with Gasteiger partial charge in [-0.25, -0.2) is 9.97 Å². The Kier molecular flexibility index (Phi) is 2.51. The molecule has 0 saturated heterocycles. The normalized spacial score (nSPS) is 10.8. The zero-order valence-corrected chi connectivity index (χ0v) is 8.70. The van der Waals surface area contributed by atoms with E-state index in [9.17, 15) is 0 Å². The first-order valence-corrected chi connectivity index (χ1v) is 4.93. The van der Waals surface area contributed by atoms with Gasteiger partial charge in [0.15, 0.2) is 0 Å². The van der Waals surface area contributed by atoms with Gasteiger partial charge in [-0.3, -0.25) is 0 Å². The number of hydrogen-bond acceptors (Lipinski definition) is 4. The van der Waals surface area contributed by atoms with Crippen molar-refractivity contribution >= 4 is 16.9 Å². The Morgan fingerprint density at radius 1 is 1.27 bits per heavy atom. The third kappa shape index (κ3) is 1.89. The van der Waals surface area contributed by atoms with Gasteiger partial charge in [-0.2, -0.15) is 0 Å². The minimum Gasteiger partial charge on any atom is -0.368 e. The van der Waals surface area contributed by atoms with Crippen LogP contribution in [-0.4, -0.2) is 16.5 Å². The van der Waals surface area contributed by atoms with Crippen LogP contribution < -0.4 is 11.5 Å². The van der Waals surface area contributed by atoms with Crippen molar-refractivity contribution < 1.29 is 0 Å². The minimum absolute atomic E-state index is 0.316. The summed E-state index contributed by atoms with van der Waals surface area (Å²) >= 11 is 0. The van der Waals surface area contributed by atoms with Gasteiger partial charge in [0, 0.05) is 11.8 Å². The van der Waals surface area contributed by atoms with E-state index in [1.807, 2.05) is 25.1 Å². The average Bonchev–Trinajstić information content (AvgIpc) is 2.17. The maximum absolute atomic E-state index is 5.64. The van der Waals surface area contributed by atoms with E-state index in [-0.39, 0.29) is 0 Å². The number of nitrogens with zero attached hydrogens (tertiary/aromatic N) is 2. The second kappa shape index (κ2) is 3.82. The van der Waals surface area contributed by atoms with Crippen molar-refractivity contribution in [2.45, 2.75) is 13.3 Å². The summed E-state index contributed by atoms with van der Waals surface area (Å²) in [5, 5.41) is 1.04. The number of fused-ring (bicyclic) bond motifs is 1. The number of hydrogen-bond donors (Lipinski definition) is 2. The Morgan fingerprint density at radius 2 is 2.07 bits per heavy atom. The summed E-state index contributed by atoms with van der Waals surface area (Å²) in [4.78, 5) is 8.41. The summed E-state index contributed by atoms with van der Waals surface area (Å²) in [6, 6.07) is 6.07. The SMILES string of the molecule is Cc1ccc2c(CCN)nc(N)nc2c1. The van der Waals surface area contributed by atoms with Crippen molar-refractivity contribution in [3.05, 3.63) is 29.5 Å². The second-order valence-electron chi connectivity index (χ2n) is 3.59. The molecule has 1 heterocycles. The number of aromatic nitrogens is 2. The predicted octanol–water partition coefficient (Wildman–Crippen LogP) is 1.02. The molecule has 0 unspecified atom stereocenters. The molecule has 0 radical (unpaired) electrons. The van der Waals surface area contributed by atoms with Crippen LogP contribution in [0, 0.1) is 6.92 Å². The molecule has 4 N–H and O–H groups in total. The maximum atomic E-state index is 5.64. The first-order valence-electron chi connectivity index (χ1n) is 4.93. The summed E-state index contributed by atoms with van der Waals surface area (Å²) < 4.78 is 0. The third-order valence-corrected chi connectivity index (χ3v) is 2.33. The van der Waals surface area contributed by atoms with Crippen LogP contribution in [0.3, 0.4) is 0 Å². The number of aryl methyl sites for hydroxylation is 1. The molecule has 2 aromatic rings. The summed E-state index contributed by atoms with van der Waals surface area (Å²) in [5.41, 5.74) is 14.2. The first-order chi connectivity index (χ1) is 7.20. The van der Waals surface area contributed by atoms with Gasteiger partial charge in [-0.05, 0) is 25.1 Å². The molecule has 0 bridgehead atoms. The summed E-state index contributed by atoms with van der Waals surface area (Å²) in [7, 11) is 0. The molecule has 0 aliphatic carbocycles. The Morgan fingerprint density at radius 3 is 2.80 bits per heavy atom. The standard InChI is InChI=1S/C11H14N4/c1-7-2-3-8-9(4-5-12)14-11(13)15-10(8)6-7/h2-3,6H,4-5,12H2,1H3,(H2,13,14,15). The van der Waals surface area contributed by atoms with Crippen molar-refractivity contribution in [1.82, 2.24) is 9.97 Å². The lowest BCUT2D eigenvalue weighted by molar-refractivity contribution is 0.930. The highest BCUT2D eigenvalue weighted by Gasteiger charge is 2.05. The lowest BCUT2D eigenvalue weighted by atomic mass is 10.1. The summed E-state index contributed by atoms with van der Waals surface area (Å²) in [5.74, 6) is 0.316. The van der Waals surface area contributed by atoms with E-state index in [1.54, 1.807) is 0 Å². The highest BCUT2D eigenvalue weighted by Crippen LogP contribution is 2.18. The molecule has 78 valence electrons. The second-order valence-corrected chi connectivity index (χ2v) is 3.59. The van der Waals surface area contributed by atoms with Gasteiger partial charge < -0.3 is 11.5 Å². The molecule has 0 aliphatic heterocycles. The zero-order chi connectivity index (χ0) is 10.8. The van der Waals surface area contributed by atoms with Crippen LogP contribution in [-0.2, 0) is 6.42 Å². The fourth-order valence-corrected chi connectivity index (χ4v) is 1.65. The van der Waals surface area contributed by atoms with E-state index in [0.717, 1.165) is 23.0 Å². The molecule has 0 amide bonds. The van der Waals surface area contributed by atoms with Crippen LogP contribution in [0.25, 0.3) is 10.9 Å². The number of benzene rings is 1. The van der Waals surface area contributed by atoms with Crippen LogP contribution >= 0.6 is 0 Å². The van der Waals surface area contributed by atoms with Crippen LogP contribution in [0.15, 0.2) is 18.2 Å². The van der Waals surface area contributed by atoms with Gasteiger partial charge in [-0.1, -0.05) is 12.1 Å². The average molecular weight is 202 g/mol. The smallest absolute Gasteiger partial charge is 0.220 e. The molecule has 0 atom stereocenters. The Balaban J connectivity index is 2.68. The van der Waals surface area contributed by atoms with E-state index in [1.165, 1.54) is 5.56 Å². The van der Waals surface area contributed by atoms with Crippen LogP contribution in [0.4, 0.5) is 5.95 Å².